The zero-order chi connectivity index (χ0) is 17.6. The predicted molar refractivity (Wildman–Crippen MR) is 79.0 cm³/mol. The fourth-order valence-electron chi connectivity index (χ4n) is 4.34. The van der Waals surface area contributed by atoms with Gasteiger partial charge < -0.3 is 15.4 Å². The van der Waals surface area contributed by atoms with Crippen molar-refractivity contribution in [3.63, 3.8) is 0 Å². The van der Waals surface area contributed by atoms with Gasteiger partial charge >= 0.3 is 6.18 Å². The number of nitrogens with one attached hydrogen (secondary N) is 2. The highest BCUT2D eigenvalue weighted by molar-refractivity contribution is 5.95. The zero-order valence-corrected chi connectivity index (χ0v) is 13.7. The Labute approximate surface area is 138 Å². The molecule has 24 heavy (non-hydrogen) atoms. The Hall–Kier alpha value is -1.31. The molecule has 1 unspecified atom stereocenters. The van der Waals surface area contributed by atoms with Crippen molar-refractivity contribution < 1.29 is 27.5 Å². The molecule has 1 aliphatic heterocycles. The van der Waals surface area contributed by atoms with E-state index in [0.29, 0.717) is 12.3 Å². The summed E-state index contributed by atoms with van der Waals surface area (Å²) in [6, 6.07) is 0. The fraction of sp³-hybridized carbons (Fsp3) is 0.875. The summed E-state index contributed by atoms with van der Waals surface area (Å²) in [7, 11) is 0.986. The lowest BCUT2D eigenvalue weighted by molar-refractivity contribution is -0.310. The fourth-order valence-corrected chi connectivity index (χ4v) is 4.34. The van der Waals surface area contributed by atoms with Gasteiger partial charge in [-0.05, 0) is 12.3 Å². The molecule has 3 aliphatic rings. The minimum absolute atomic E-state index is 0.189. The van der Waals surface area contributed by atoms with E-state index in [1.165, 1.54) is 0 Å². The molecule has 2 N–H and O–H groups in total. The van der Waals surface area contributed by atoms with Crippen molar-refractivity contribution in [3.8, 4) is 0 Å². The number of carbonyl (C=O) groups excluding carboxylic acids is 2. The highest BCUT2D eigenvalue weighted by Gasteiger charge is 2.72. The van der Waals surface area contributed by atoms with Crippen molar-refractivity contribution in [3.05, 3.63) is 0 Å². The minimum atomic E-state index is -4.58. The molecule has 0 aromatic heterocycles. The van der Waals surface area contributed by atoms with Gasteiger partial charge in [0.15, 0.2) is 5.60 Å². The van der Waals surface area contributed by atoms with Crippen LogP contribution in [0.3, 0.4) is 0 Å². The third-order valence-electron chi connectivity index (χ3n) is 5.85. The average molecular weight is 348 g/mol. The maximum atomic E-state index is 13.2. The van der Waals surface area contributed by atoms with Crippen LogP contribution in [-0.4, -0.2) is 42.8 Å². The van der Waals surface area contributed by atoms with E-state index in [1.54, 1.807) is 0 Å². The number of alkyl halides is 3. The molecule has 3 rings (SSSR count). The largest absolute Gasteiger partial charge is 0.417 e. The summed E-state index contributed by atoms with van der Waals surface area (Å²) < 4.78 is 44.3. The standard InChI is InChI=1S/C16H23F3N2O3/c1-24-15(16(17,18)19)8-14(9-15)13(23)20-7-11(12(22)21-14)6-10-4-2-3-5-10/h10-11H,2-9H2,1H3,(H,20,23)(H,21,22). The molecule has 3 fully saturated rings. The van der Waals surface area contributed by atoms with E-state index >= 15 is 0 Å². The molecule has 0 aromatic carbocycles. The zero-order valence-electron chi connectivity index (χ0n) is 13.7. The summed E-state index contributed by atoms with van der Waals surface area (Å²) in [5.41, 5.74) is -3.87. The molecular weight excluding hydrogens is 325 g/mol. The monoisotopic (exact) mass is 348 g/mol. The Balaban J connectivity index is 1.70. The predicted octanol–water partition coefficient (Wildman–Crippen LogP) is 1.91. The molecule has 1 spiro atoms. The lowest BCUT2D eigenvalue weighted by Crippen LogP contribution is -2.75. The van der Waals surface area contributed by atoms with Crippen LogP contribution in [0.2, 0.25) is 0 Å². The maximum absolute atomic E-state index is 13.2. The minimum Gasteiger partial charge on any atom is -0.369 e. The first kappa shape index (κ1) is 17.5. The number of hydrogen-bond acceptors (Lipinski definition) is 3. The van der Waals surface area contributed by atoms with Gasteiger partial charge in [-0.3, -0.25) is 9.59 Å². The van der Waals surface area contributed by atoms with Crippen molar-refractivity contribution >= 4 is 11.8 Å². The Morgan fingerprint density at radius 1 is 1.21 bits per heavy atom. The average Bonchev–Trinajstić information content (AvgIpc) is 2.93. The van der Waals surface area contributed by atoms with Gasteiger partial charge in [0, 0.05) is 26.5 Å². The van der Waals surface area contributed by atoms with Gasteiger partial charge in [-0.25, -0.2) is 0 Å². The van der Waals surface area contributed by atoms with Crippen LogP contribution in [-0.2, 0) is 14.3 Å². The van der Waals surface area contributed by atoms with Crippen molar-refractivity contribution in [2.45, 2.75) is 62.3 Å². The molecule has 136 valence electrons. The van der Waals surface area contributed by atoms with Gasteiger partial charge in [0.2, 0.25) is 11.8 Å². The third kappa shape index (κ3) is 2.78. The normalized spacial score (nSPS) is 37.8. The maximum Gasteiger partial charge on any atom is 0.417 e. The van der Waals surface area contributed by atoms with Crippen molar-refractivity contribution in [1.82, 2.24) is 10.6 Å². The molecule has 8 heteroatoms. The number of rotatable bonds is 3. The number of hydrogen-bond donors (Lipinski definition) is 2. The molecule has 2 saturated carbocycles. The number of ether oxygens (including phenoxy) is 1. The molecule has 1 saturated heterocycles. The number of halogens is 3. The summed E-state index contributed by atoms with van der Waals surface area (Å²) in [6.07, 6.45) is -0.603. The van der Waals surface area contributed by atoms with E-state index in [2.05, 4.69) is 15.4 Å². The van der Waals surface area contributed by atoms with Crippen LogP contribution in [0.5, 0.6) is 0 Å². The van der Waals surface area contributed by atoms with E-state index in [9.17, 15) is 22.8 Å². The van der Waals surface area contributed by atoms with Gasteiger partial charge in [-0.15, -0.1) is 0 Å². The lowest BCUT2D eigenvalue weighted by Gasteiger charge is -2.53. The summed E-state index contributed by atoms with van der Waals surface area (Å²) in [5, 5.41) is 5.26. The summed E-state index contributed by atoms with van der Waals surface area (Å²) in [5.74, 6) is -0.782. The smallest absolute Gasteiger partial charge is 0.369 e. The molecule has 2 amide bonds. The van der Waals surface area contributed by atoms with Crippen molar-refractivity contribution in [2.75, 3.05) is 13.7 Å². The Kier molecular flexibility index (Phi) is 4.30. The van der Waals surface area contributed by atoms with Crippen LogP contribution in [0.1, 0.15) is 44.9 Å². The van der Waals surface area contributed by atoms with Crippen LogP contribution in [0, 0.1) is 11.8 Å². The molecule has 5 nitrogen and oxygen atoms in total. The van der Waals surface area contributed by atoms with Gasteiger partial charge in [0.1, 0.15) is 5.54 Å². The SMILES string of the molecule is COC1(C(F)(F)F)CC2(C1)NC(=O)C(CC1CCCC1)CNC2=O. The molecule has 0 aromatic rings. The molecule has 1 heterocycles. The number of methoxy groups -OCH3 is 1. The first-order valence-corrected chi connectivity index (χ1v) is 8.44. The highest BCUT2D eigenvalue weighted by atomic mass is 19.4. The van der Waals surface area contributed by atoms with Crippen LogP contribution >= 0.6 is 0 Å². The molecule has 2 aliphatic carbocycles. The van der Waals surface area contributed by atoms with Crippen molar-refractivity contribution in [1.29, 1.82) is 0 Å². The van der Waals surface area contributed by atoms with E-state index in [-0.39, 0.29) is 18.4 Å². The molecule has 1 atom stereocenters. The van der Waals surface area contributed by atoms with Crippen molar-refractivity contribution in [2.24, 2.45) is 11.8 Å². The molecule has 0 bridgehead atoms. The number of carbonyl (C=O) groups is 2. The second-order valence-electron chi connectivity index (χ2n) is 7.41. The molecule has 0 radical (unpaired) electrons. The first-order chi connectivity index (χ1) is 11.2. The summed E-state index contributed by atoms with van der Waals surface area (Å²) >= 11 is 0. The van der Waals surface area contributed by atoms with E-state index in [4.69, 9.17) is 0 Å². The van der Waals surface area contributed by atoms with Crippen LogP contribution < -0.4 is 10.6 Å². The first-order valence-electron chi connectivity index (χ1n) is 8.44. The summed E-state index contributed by atoms with van der Waals surface area (Å²) in [6.45, 7) is 0.189. The molecular formula is C16H23F3N2O3. The van der Waals surface area contributed by atoms with Gasteiger partial charge in [-0.1, -0.05) is 25.7 Å². The second kappa shape index (κ2) is 5.89. The van der Waals surface area contributed by atoms with Gasteiger partial charge in [0.25, 0.3) is 0 Å². The van der Waals surface area contributed by atoms with Gasteiger partial charge in [0.05, 0.1) is 5.92 Å². The second-order valence-corrected chi connectivity index (χ2v) is 7.41. The Morgan fingerprint density at radius 2 is 1.83 bits per heavy atom. The van der Waals surface area contributed by atoms with E-state index < -0.39 is 36.1 Å². The van der Waals surface area contributed by atoms with Gasteiger partial charge in [-0.2, -0.15) is 13.2 Å². The topological polar surface area (TPSA) is 67.4 Å². The summed E-state index contributed by atoms with van der Waals surface area (Å²) in [4.78, 5) is 24.8. The van der Waals surface area contributed by atoms with Crippen LogP contribution in [0.15, 0.2) is 0 Å². The van der Waals surface area contributed by atoms with E-state index in [0.717, 1.165) is 32.8 Å². The highest BCUT2D eigenvalue weighted by Crippen LogP contribution is 2.53. The Bertz CT molecular complexity index is 523. The lowest BCUT2D eigenvalue weighted by atomic mass is 9.63. The Morgan fingerprint density at radius 3 is 2.38 bits per heavy atom. The van der Waals surface area contributed by atoms with Crippen LogP contribution in [0.25, 0.3) is 0 Å². The van der Waals surface area contributed by atoms with E-state index in [1.807, 2.05) is 0 Å². The van der Waals surface area contributed by atoms with Crippen LogP contribution in [0.4, 0.5) is 13.2 Å². The quantitative estimate of drug-likeness (QED) is 0.819. The number of amides is 2. The third-order valence-corrected chi connectivity index (χ3v) is 5.85.